The van der Waals surface area contributed by atoms with Gasteiger partial charge in [0.2, 0.25) is 0 Å². The molecule has 0 aromatic carbocycles. The van der Waals surface area contributed by atoms with E-state index in [-0.39, 0.29) is 13.1 Å². The van der Waals surface area contributed by atoms with E-state index in [4.69, 9.17) is 5.73 Å². The topological polar surface area (TPSA) is 29.3 Å². The van der Waals surface area contributed by atoms with Crippen LogP contribution in [0.3, 0.4) is 0 Å². The second kappa shape index (κ2) is 3.25. The molecule has 1 aliphatic rings. The van der Waals surface area contributed by atoms with Gasteiger partial charge in [-0.1, -0.05) is 0 Å². The summed E-state index contributed by atoms with van der Waals surface area (Å²) in [6, 6.07) is 0. The molecule has 1 saturated heterocycles. The molecule has 1 heterocycles. The van der Waals surface area contributed by atoms with Crippen molar-refractivity contribution < 1.29 is 8.78 Å². The van der Waals surface area contributed by atoms with Crippen molar-refractivity contribution in [2.45, 2.75) is 12.3 Å². The monoisotopic (exact) mass is 150 g/mol. The standard InChI is InChI=1S/C6H12F2N2/c7-5-3-10(2-1-9)4-6(5)8/h5-6H,1-4,9H2/t5-,6-/m1/s1. The molecule has 4 heteroatoms. The first-order chi connectivity index (χ1) is 4.74. The molecule has 0 saturated carbocycles. The van der Waals surface area contributed by atoms with Crippen LogP contribution in [0.5, 0.6) is 0 Å². The molecule has 10 heavy (non-hydrogen) atoms. The summed E-state index contributed by atoms with van der Waals surface area (Å²) >= 11 is 0. The molecule has 1 aliphatic heterocycles. The average molecular weight is 150 g/mol. The molecule has 0 radical (unpaired) electrons. The highest BCUT2D eigenvalue weighted by molar-refractivity contribution is 4.83. The minimum atomic E-state index is -1.30. The van der Waals surface area contributed by atoms with Gasteiger partial charge < -0.3 is 5.73 Å². The van der Waals surface area contributed by atoms with Crippen LogP contribution in [0.15, 0.2) is 0 Å². The fourth-order valence-electron chi connectivity index (χ4n) is 1.16. The van der Waals surface area contributed by atoms with Crippen molar-refractivity contribution in [2.75, 3.05) is 26.2 Å². The van der Waals surface area contributed by atoms with Crippen LogP contribution >= 0.6 is 0 Å². The Morgan fingerprint density at radius 3 is 2.20 bits per heavy atom. The molecule has 0 unspecified atom stereocenters. The highest BCUT2D eigenvalue weighted by Gasteiger charge is 2.31. The molecule has 2 N–H and O–H groups in total. The predicted molar refractivity (Wildman–Crippen MR) is 35.3 cm³/mol. The first kappa shape index (κ1) is 7.88. The van der Waals surface area contributed by atoms with Crippen molar-refractivity contribution in [1.82, 2.24) is 4.90 Å². The van der Waals surface area contributed by atoms with Gasteiger partial charge in [0.25, 0.3) is 0 Å². The SMILES string of the molecule is NCCN1C[C@@H](F)[C@H](F)C1. The molecular formula is C6H12F2N2. The van der Waals surface area contributed by atoms with Crippen molar-refractivity contribution in [3.8, 4) is 0 Å². The van der Waals surface area contributed by atoms with Crippen molar-refractivity contribution in [2.24, 2.45) is 5.73 Å². The number of alkyl halides is 2. The van der Waals surface area contributed by atoms with Gasteiger partial charge >= 0.3 is 0 Å². The Morgan fingerprint density at radius 1 is 1.30 bits per heavy atom. The van der Waals surface area contributed by atoms with E-state index in [1.165, 1.54) is 0 Å². The Labute approximate surface area is 59.0 Å². The van der Waals surface area contributed by atoms with Crippen LogP contribution in [0.4, 0.5) is 8.78 Å². The number of nitrogens with zero attached hydrogens (tertiary/aromatic N) is 1. The quantitative estimate of drug-likeness (QED) is 0.597. The third kappa shape index (κ3) is 1.64. The van der Waals surface area contributed by atoms with Crippen molar-refractivity contribution in [3.63, 3.8) is 0 Å². The summed E-state index contributed by atoms with van der Waals surface area (Å²) in [6.45, 7) is 1.48. The van der Waals surface area contributed by atoms with E-state index in [1.807, 2.05) is 0 Å². The maximum atomic E-state index is 12.4. The van der Waals surface area contributed by atoms with E-state index in [9.17, 15) is 8.78 Å². The van der Waals surface area contributed by atoms with Crippen LogP contribution in [0.1, 0.15) is 0 Å². The molecule has 1 rings (SSSR count). The Bertz CT molecular complexity index is 99.9. The van der Waals surface area contributed by atoms with Crippen LogP contribution in [0.2, 0.25) is 0 Å². The molecule has 1 fully saturated rings. The van der Waals surface area contributed by atoms with Gasteiger partial charge in [0.15, 0.2) is 0 Å². The molecule has 60 valence electrons. The van der Waals surface area contributed by atoms with Crippen LogP contribution in [-0.2, 0) is 0 Å². The van der Waals surface area contributed by atoms with E-state index in [0.717, 1.165) is 0 Å². The van der Waals surface area contributed by atoms with E-state index in [1.54, 1.807) is 4.90 Å². The largest absolute Gasteiger partial charge is 0.329 e. The minimum Gasteiger partial charge on any atom is -0.329 e. The minimum absolute atomic E-state index is 0.207. The third-order valence-corrected chi connectivity index (χ3v) is 1.70. The molecule has 2 atom stereocenters. The highest BCUT2D eigenvalue weighted by Crippen LogP contribution is 2.15. The smallest absolute Gasteiger partial charge is 0.145 e. The van der Waals surface area contributed by atoms with E-state index in [0.29, 0.717) is 13.1 Å². The van der Waals surface area contributed by atoms with Crippen LogP contribution in [-0.4, -0.2) is 43.4 Å². The first-order valence-electron chi connectivity index (χ1n) is 3.44. The molecule has 2 nitrogen and oxygen atoms in total. The number of rotatable bonds is 2. The van der Waals surface area contributed by atoms with Gasteiger partial charge in [-0.15, -0.1) is 0 Å². The Balaban J connectivity index is 2.27. The summed E-state index contributed by atoms with van der Waals surface area (Å²) < 4.78 is 24.9. The Morgan fingerprint density at radius 2 is 1.80 bits per heavy atom. The van der Waals surface area contributed by atoms with Gasteiger partial charge in [0.05, 0.1) is 0 Å². The fourth-order valence-corrected chi connectivity index (χ4v) is 1.16. The number of hydrogen-bond acceptors (Lipinski definition) is 2. The zero-order valence-corrected chi connectivity index (χ0v) is 5.76. The van der Waals surface area contributed by atoms with E-state index in [2.05, 4.69) is 0 Å². The molecule has 0 amide bonds. The fraction of sp³-hybridized carbons (Fsp3) is 1.00. The lowest BCUT2D eigenvalue weighted by atomic mass is 10.3. The maximum Gasteiger partial charge on any atom is 0.145 e. The predicted octanol–water partition coefficient (Wildman–Crippen LogP) is -0.0631. The molecule has 0 bridgehead atoms. The lowest BCUT2D eigenvalue weighted by Crippen LogP contribution is -2.27. The zero-order chi connectivity index (χ0) is 7.56. The summed E-state index contributed by atoms with van der Waals surface area (Å²) in [4.78, 5) is 1.70. The third-order valence-electron chi connectivity index (χ3n) is 1.70. The van der Waals surface area contributed by atoms with Crippen molar-refractivity contribution in [1.29, 1.82) is 0 Å². The van der Waals surface area contributed by atoms with Crippen LogP contribution < -0.4 is 5.73 Å². The first-order valence-corrected chi connectivity index (χ1v) is 3.44. The molecule has 0 aliphatic carbocycles. The van der Waals surface area contributed by atoms with Crippen LogP contribution in [0.25, 0.3) is 0 Å². The summed E-state index contributed by atoms with van der Waals surface area (Å²) in [5, 5.41) is 0. The zero-order valence-electron chi connectivity index (χ0n) is 5.76. The van der Waals surface area contributed by atoms with Gasteiger partial charge in [-0.05, 0) is 0 Å². The lowest BCUT2D eigenvalue weighted by molar-refractivity contribution is 0.217. The van der Waals surface area contributed by atoms with E-state index >= 15 is 0 Å². The van der Waals surface area contributed by atoms with Gasteiger partial charge in [-0.25, -0.2) is 8.78 Å². The normalized spacial score (nSPS) is 35.1. The molecule has 0 aromatic heterocycles. The molecule has 0 spiro atoms. The lowest BCUT2D eigenvalue weighted by Gasteiger charge is -2.10. The highest BCUT2D eigenvalue weighted by atomic mass is 19.2. The van der Waals surface area contributed by atoms with Crippen molar-refractivity contribution in [3.05, 3.63) is 0 Å². The second-order valence-corrected chi connectivity index (χ2v) is 2.58. The molecular weight excluding hydrogens is 138 g/mol. The summed E-state index contributed by atoms with van der Waals surface area (Å²) in [6.07, 6.45) is -2.60. The maximum absolute atomic E-state index is 12.4. The van der Waals surface area contributed by atoms with Gasteiger partial charge in [0.1, 0.15) is 12.3 Å². The number of likely N-dealkylation sites (tertiary alicyclic amines) is 1. The summed E-state index contributed by atoms with van der Waals surface area (Å²) in [5.41, 5.74) is 5.21. The Kier molecular flexibility index (Phi) is 2.56. The van der Waals surface area contributed by atoms with Gasteiger partial charge in [-0.2, -0.15) is 0 Å². The Hall–Kier alpha value is -0.220. The van der Waals surface area contributed by atoms with Gasteiger partial charge in [0, 0.05) is 26.2 Å². The summed E-state index contributed by atoms with van der Waals surface area (Å²) in [7, 11) is 0. The molecule has 0 aromatic rings. The van der Waals surface area contributed by atoms with Crippen molar-refractivity contribution >= 4 is 0 Å². The summed E-state index contributed by atoms with van der Waals surface area (Å²) in [5.74, 6) is 0. The second-order valence-electron chi connectivity index (χ2n) is 2.58. The number of halogens is 2. The number of nitrogens with two attached hydrogens (primary N) is 1. The van der Waals surface area contributed by atoms with E-state index < -0.39 is 12.3 Å². The van der Waals surface area contributed by atoms with Crippen LogP contribution in [0, 0.1) is 0 Å². The van der Waals surface area contributed by atoms with Gasteiger partial charge in [-0.3, -0.25) is 4.90 Å². The average Bonchev–Trinajstić information content (AvgIpc) is 2.14. The number of hydrogen-bond donors (Lipinski definition) is 1.